The normalized spacial score (nSPS) is 27.6. The molecule has 6 rings (SSSR count). The Morgan fingerprint density at radius 3 is 2.26 bits per heavy atom. The zero-order valence-corrected chi connectivity index (χ0v) is 32.0. The number of carbonyl (C=O) groups excluding carboxylic acids is 7. The number of nitrogens with one attached hydrogen (secondary N) is 5. The molecule has 3 aliphatic carbocycles. The maximum atomic E-state index is 14.7. The van der Waals surface area contributed by atoms with Crippen LogP contribution >= 0.6 is 0 Å². The van der Waals surface area contributed by atoms with Gasteiger partial charge in [0.25, 0.3) is 11.8 Å². The van der Waals surface area contributed by atoms with Crippen LogP contribution in [0.1, 0.15) is 145 Å². The van der Waals surface area contributed by atoms with Crippen LogP contribution in [0.5, 0.6) is 0 Å². The van der Waals surface area contributed by atoms with Gasteiger partial charge in [0.15, 0.2) is 5.78 Å². The van der Waals surface area contributed by atoms with Gasteiger partial charge in [0.05, 0.1) is 11.7 Å². The molecule has 5 fully saturated rings. The zero-order chi connectivity index (χ0) is 38.2. The van der Waals surface area contributed by atoms with E-state index in [-0.39, 0.29) is 47.2 Å². The summed E-state index contributed by atoms with van der Waals surface area (Å²) >= 11 is 0. The van der Waals surface area contributed by atoms with Gasteiger partial charge in [-0.15, -0.1) is 0 Å². The van der Waals surface area contributed by atoms with Crippen molar-refractivity contribution >= 4 is 41.1 Å². The minimum Gasteiger partial charge on any atom is -0.348 e. The van der Waals surface area contributed by atoms with Crippen molar-refractivity contribution < 1.29 is 33.6 Å². The number of amides is 5. The highest BCUT2D eigenvalue weighted by Gasteiger charge is 2.62. The third-order valence-corrected chi connectivity index (χ3v) is 12.9. The van der Waals surface area contributed by atoms with E-state index in [1.807, 2.05) is 27.7 Å². The summed E-state index contributed by atoms with van der Waals surface area (Å²) in [5.74, 6) is -3.26. The van der Waals surface area contributed by atoms with Gasteiger partial charge in [0.2, 0.25) is 23.5 Å². The van der Waals surface area contributed by atoms with Crippen molar-refractivity contribution in [3.8, 4) is 0 Å². The molecule has 3 saturated carbocycles. The summed E-state index contributed by atoms with van der Waals surface area (Å²) in [4.78, 5) is 99.6. The highest BCUT2D eigenvalue weighted by molar-refractivity contribution is 6.38. The second-order valence-corrected chi connectivity index (χ2v) is 16.9. The van der Waals surface area contributed by atoms with Crippen LogP contribution in [0.3, 0.4) is 0 Å². The third-order valence-electron chi connectivity index (χ3n) is 12.9. The molecule has 7 atom stereocenters. The largest absolute Gasteiger partial charge is 0.348 e. The van der Waals surface area contributed by atoms with Crippen molar-refractivity contribution in [1.82, 2.24) is 31.2 Å². The van der Waals surface area contributed by atoms with Crippen LogP contribution in [0.25, 0.3) is 0 Å². The lowest BCUT2D eigenvalue weighted by Gasteiger charge is -2.55. The van der Waals surface area contributed by atoms with Crippen LogP contribution in [0, 0.1) is 23.2 Å². The molecule has 1 unspecified atom stereocenters. The van der Waals surface area contributed by atoms with Gasteiger partial charge in [-0.05, 0) is 92.6 Å². The summed E-state index contributed by atoms with van der Waals surface area (Å²) in [5, 5.41) is 11.7. The van der Waals surface area contributed by atoms with E-state index in [4.69, 9.17) is 0 Å². The van der Waals surface area contributed by atoms with Crippen LogP contribution in [-0.2, 0) is 30.4 Å². The van der Waals surface area contributed by atoms with Crippen LogP contribution in [0.2, 0.25) is 0 Å². The number of H-pyrrole nitrogens is 1. The number of carbonyl (C=O) groups is 7. The molecule has 13 heteroatoms. The average Bonchev–Trinajstić information content (AvgIpc) is 3.69. The first-order valence-electron chi connectivity index (χ1n) is 20.1. The molecular weight excluding hydrogens is 676 g/mol. The number of rotatable bonds is 14. The topological polar surface area (TPSA) is 187 Å². The van der Waals surface area contributed by atoms with Crippen molar-refractivity contribution in [1.29, 1.82) is 0 Å². The monoisotopic (exact) mass is 734 g/mol. The Bertz CT molecular complexity index is 1620. The van der Waals surface area contributed by atoms with Crippen LogP contribution in [-0.4, -0.2) is 87.2 Å². The van der Waals surface area contributed by atoms with Crippen molar-refractivity contribution in [3.05, 3.63) is 23.0 Å². The Kier molecular flexibility index (Phi) is 11.5. The van der Waals surface area contributed by atoms with Gasteiger partial charge in [0.1, 0.15) is 23.8 Å². The minimum absolute atomic E-state index is 0.00814. The summed E-state index contributed by atoms with van der Waals surface area (Å²) in [6.07, 6.45) is 10.6. The third kappa shape index (κ3) is 7.80. The fourth-order valence-corrected chi connectivity index (χ4v) is 9.83. The predicted molar refractivity (Wildman–Crippen MR) is 197 cm³/mol. The SMILES string of the molecule is CCC[C@H](NC(=O)[C@@H]1C[C@@H]2CCCC3[C@@H]2N1C(=O)[C@@H](NC(=O)[C@@H](NC(=O)c1cc(CC)c(C(C)=O)[nH]1)C1CCCCC1)C3(C)C)C(=O)C(=O)NC1CC1. The number of hydrogen-bond acceptors (Lipinski definition) is 7. The lowest BCUT2D eigenvalue weighted by molar-refractivity contribution is -0.160. The van der Waals surface area contributed by atoms with Gasteiger partial charge < -0.3 is 31.2 Å². The second kappa shape index (κ2) is 15.8. The molecule has 2 aliphatic heterocycles. The van der Waals surface area contributed by atoms with E-state index in [1.165, 1.54) is 6.92 Å². The number of piperidine rings is 1. The number of aromatic amines is 1. The molecule has 5 N–H and O–H groups in total. The smallest absolute Gasteiger partial charge is 0.289 e. The fraction of sp³-hybridized carbons (Fsp3) is 0.725. The van der Waals surface area contributed by atoms with Gasteiger partial charge >= 0.3 is 0 Å². The lowest BCUT2D eigenvalue weighted by Crippen LogP contribution is -2.70. The van der Waals surface area contributed by atoms with Gasteiger partial charge in [0, 0.05) is 19.0 Å². The Morgan fingerprint density at radius 2 is 1.64 bits per heavy atom. The molecule has 0 aromatic carbocycles. The molecule has 290 valence electrons. The van der Waals surface area contributed by atoms with E-state index < -0.39 is 59.0 Å². The van der Waals surface area contributed by atoms with Crippen LogP contribution in [0.15, 0.2) is 6.07 Å². The first-order chi connectivity index (χ1) is 25.3. The maximum Gasteiger partial charge on any atom is 0.289 e. The predicted octanol–water partition coefficient (Wildman–Crippen LogP) is 3.50. The van der Waals surface area contributed by atoms with Gasteiger partial charge in [-0.25, -0.2) is 0 Å². The number of Topliss-reactive ketones (excluding diaryl/α,β-unsaturated/α-hetero) is 2. The highest BCUT2D eigenvalue weighted by atomic mass is 16.2. The molecule has 0 radical (unpaired) electrons. The summed E-state index contributed by atoms with van der Waals surface area (Å²) in [6.45, 7) is 9.27. The first kappa shape index (κ1) is 38.7. The molecule has 53 heavy (non-hydrogen) atoms. The lowest BCUT2D eigenvalue weighted by atomic mass is 9.60. The number of hydrogen-bond donors (Lipinski definition) is 5. The standard InChI is InChI=1S/C40H58N6O7/c1-6-12-27(33(48)38(52)41-25-17-18-25)43-36(50)29-20-24-15-11-16-26-32(24)46(29)39(53)34(40(26,4)5)45-37(51)31(23-13-9-8-10-14-23)44-35(49)28-19-22(7-2)30(42-28)21(3)47/h19,23-27,29,31-32,34,42H,6-18,20H2,1-5H3,(H,41,52)(H,43,50)(H,44,49)(H,45,51)/t24-,26?,27-,29-,31-,32+,34+/m0/s1. The van der Waals surface area contributed by atoms with Gasteiger partial charge in [-0.3, -0.25) is 33.6 Å². The maximum absolute atomic E-state index is 14.7. The zero-order valence-electron chi connectivity index (χ0n) is 32.0. The number of ketones is 2. The Morgan fingerprint density at radius 1 is 0.925 bits per heavy atom. The number of aryl methyl sites for hydroxylation is 1. The fourth-order valence-electron chi connectivity index (χ4n) is 9.83. The molecule has 13 nitrogen and oxygen atoms in total. The Balaban J connectivity index is 1.24. The Labute approximate surface area is 312 Å². The molecular formula is C40H58N6O7. The molecule has 1 aromatic heterocycles. The molecule has 3 heterocycles. The van der Waals surface area contributed by atoms with Crippen molar-refractivity contribution in [2.45, 2.75) is 161 Å². The average molecular weight is 735 g/mol. The quantitative estimate of drug-likeness (QED) is 0.143. The number of nitrogens with zero attached hydrogens (tertiary/aromatic N) is 1. The van der Waals surface area contributed by atoms with E-state index in [0.29, 0.717) is 31.4 Å². The first-order valence-corrected chi connectivity index (χ1v) is 20.1. The van der Waals surface area contributed by atoms with E-state index in [2.05, 4.69) is 26.3 Å². The van der Waals surface area contributed by atoms with E-state index in [1.54, 1.807) is 11.0 Å². The molecule has 0 bridgehead atoms. The molecule has 1 aromatic rings. The summed E-state index contributed by atoms with van der Waals surface area (Å²) in [5.41, 5.74) is 0.670. The molecule has 2 saturated heterocycles. The minimum atomic E-state index is -0.990. The van der Waals surface area contributed by atoms with Gasteiger partial charge in [-0.1, -0.05) is 59.8 Å². The van der Waals surface area contributed by atoms with Crippen molar-refractivity contribution in [3.63, 3.8) is 0 Å². The van der Waals surface area contributed by atoms with Crippen molar-refractivity contribution in [2.75, 3.05) is 0 Å². The van der Waals surface area contributed by atoms with Gasteiger partial charge in [-0.2, -0.15) is 0 Å². The molecule has 5 aliphatic rings. The van der Waals surface area contributed by atoms with Crippen molar-refractivity contribution in [2.24, 2.45) is 23.2 Å². The molecule has 5 amide bonds. The van der Waals surface area contributed by atoms with E-state index >= 15 is 0 Å². The van der Waals surface area contributed by atoms with Crippen LogP contribution < -0.4 is 21.3 Å². The van der Waals surface area contributed by atoms with E-state index in [0.717, 1.165) is 69.8 Å². The summed E-state index contributed by atoms with van der Waals surface area (Å²) in [6, 6.07) is -2.20. The number of aromatic nitrogens is 1. The second-order valence-electron chi connectivity index (χ2n) is 16.9. The highest BCUT2D eigenvalue weighted by Crippen LogP contribution is 2.54. The Hall–Kier alpha value is -4.03. The summed E-state index contributed by atoms with van der Waals surface area (Å²) in [7, 11) is 0. The van der Waals surface area contributed by atoms with Crippen LogP contribution in [0.4, 0.5) is 0 Å². The van der Waals surface area contributed by atoms with E-state index in [9.17, 15) is 33.6 Å². The molecule has 0 spiro atoms. The summed E-state index contributed by atoms with van der Waals surface area (Å²) < 4.78 is 0.